The molecule has 2 aliphatic rings. The minimum atomic E-state index is -0.938. The Bertz CT molecular complexity index is 2480. The first-order valence-corrected chi connectivity index (χ1v) is 16.9. The molecule has 0 fully saturated rings. The second kappa shape index (κ2) is 12.1. The van der Waals surface area contributed by atoms with Crippen LogP contribution < -0.4 is 37.7 Å². The third-order valence-electron chi connectivity index (χ3n) is 10.3. The Morgan fingerprint density at radius 2 is 0.902 bits per heavy atom. The van der Waals surface area contributed by atoms with Crippen molar-refractivity contribution in [3.8, 4) is 22.3 Å². The molecule has 240 valence electrons. The number of rotatable bonds is 6. The molecule has 51 heavy (non-hydrogen) atoms. The van der Waals surface area contributed by atoms with Crippen molar-refractivity contribution in [2.24, 2.45) is 0 Å². The second-order valence-electron chi connectivity index (χ2n) is 13.1. The van der Waals surface area contributed by atoms with Gasteiger partial charge in [-0.1, -0.05) is 138 Å². The highest BCUT2D eigenvalue weighted by Crippen LogP contribution is 2.38. The van der Waals surface area contributed by atoms with Crippen LogP contribution in [0.1, 0.15) is 20.7 Å². The van der Waals surface area contributed by atoms with Crippen molar-refractivity contribution in [1.82, 2.24) is 0 Å². The molecule has 0 saturated carbocycles. The zero-order valence-electron chi connectivity index (χ0n) is 27.4. The zero-order chi connectivity index (χ0) is 34.6. The van der Waals surface area contributed by atoms with Gasteiger partial charge in [-0.05, 0) is 80.5 Å². The quantitative estimate of drug-likeness (QED) is 0.230. The number of fused-ring (bicyclic) bond motifs is 4. The van der Waals surface area contributed by atoms with E-state index in [-0.39, 0.29) is 24.6 Å². The molecule has 0 aromatic heterocycles. The van der Waals surface area contributed by atoms with Crippen LogP contribution in [0.15, 0.2) is 164 Å². The maximum Gasteiger partial charge on any atom is 0.335 e. The average Bonchev–Trinajstić information content (AvgIpc) is 3.18. The normalized spacial score (nSPS) is 12.5. The lowest BCUT2D eigenvalue weighted by Gasteiger charge is -2.44. The van der Waals surface area contributed by atoms with E-state index in [4.69, 9.17) is 0 Å². The van der Waals surface area contributed by atoms with E-state index in [2.05, 4.69) is 120 Å². The van der Waals surface area contributed by atoms with Crippen LogP contribution >= 0.6 is 0 Å². The zero-order valence-corrected chi connectivity index (χ0v) is 27.4. The first-order chi connectivity index (χ1) is 25.0. The van der Waals surface area contributed by atoms with Gasteiger partial charge in [0.2, 0.25) is 13.4 Å². The highest BCUT2D eigenvalue weighted by Gasteiger charge is 2.43. The Hall–Kier alpha value is -6.59. The molecule has 5 nitrogen and oxygen atoms in total. The summed E-state index contributed by atoms with van der Waals surface area (Å²) in [6.07, 6.45) is 0. The van der Waals surface area contributed by atoms with Crippen molar-refractivity contribution < 1.29 is 19.8 Å². The topological polar surface area (TPSA) is 77.8 Å². The van der Waals surface area contributed by atoms with E-state index in [1.54, 1.807) is 24.3 Å². The van der Waals surface area contributed by atoms with Gasteiger partial charge in [0, 0.05) is 17.1 Å². The lowest BCUT2D eigenvalue weighted by atomic mass is 9.30. The second-order valence-corrected chi connectivity index (χ2v) is 13.1. The van der Waals surface area contributed by atoms with E-state index in [0.717, 1.165) is 39.1 Å². The first-order valence-electron chi connectivity index (χ1n) is 16.9. The Morgan fingerprint density at radius 1 is 0.412 bits per heavy atom. The molecule has 0 aliphatic carbocycles. The third kappa shape index (κ3) is 5.05. The SMILES string of the molecule is O=C(O)c1ccc(-c2cccc(B3c4ccccc4N4c5ccc(-c6ccc(C(=O)O)cc6)cc5B(c5ccccc5)c5cccc3c54)c2)cc1. The van der Waals surface area contributed by atoms with Crippen LogP contribution in [0.3, 0.4) is 0 Å². The Balaban J connectivity index is 1.24. The van der Waals surface area contributed by atoms with Gasteiger partial charge in [0.1, 0.15) is 0 Å². The molecule has 2 heterocycles. The van der Waals surface area contributed by atoms with E-state index >= 15 is 0 Å². The van der Waals surface area contributed by atoms with Crippen molar-refractivity contribution in [2.75, 3.05) is 4.90 Å². The van der Waals surface area contributed by atoms with Crippen LogP contribution in [0.25, 0.3) is 22.3 Å². The molecule has 2 aliphatic heterocycles. The highest BCUT2D eigenvalue weighted by molar-refractivity contribution is 7.02. The van der Waals surface area contributed by atoms with Crippen molar-refractivity contribution in [1.29, 1.82) is 0 Å². The van der Waals surface area contributed by atoms with Crippen LogP contribution in [-0.4, -0.2) is 35.6 Å². The minimum absolute atomic E-state index is 0.0318. The number of carboxylic acids is 2. The van der Waals surface area contributed by atoms with E-state index in [1.807, 2.05) is 24.3 Å². The van der Waals surface area contributed by atoms with E-state index < -0.39 is 11.9 Å². The van der Waals surface area contributed by atoms with Crippen LogP contribution in [-0.2, 0) is 0 Å². The summed E-state index contributed by atoms with van der Waals surface area (Å²) in [5, 5.41) is 18.9. The summed E-state index contributed by atoms with van der Waals surface area (Å²) in [5.74, 6) is -1.87. The van der Waals surface area contributed by atoms with Gasteiger partial charge >= 0.3 is 11.9 Å². The van der Waals surface area contributed by atoms with E-state index in [9.17, 15) is 19.8 Å². The fourth-order valence-corrected chi connectivity index (χ4v) is 7.99. The summed E-state index contributed by atoms with van der Waals surface area (Å²) in [6, 6.07) is 55.3. The van der Waals surface area contributed by atoms with Gasteiger partial charge in [0.05, 0.1) is 11.1 Å². The predicted octanol–water partition coefficient (Wildman–Crippen LogP) is 5.55. The number of benzene rings is 7. The fourth-order valence-electron chi connectivity index (χ4n) is 7.99. The van der Waals surface area contributed by atoms with Crippen LogP contribution in [0, 0.1) is 0 Å². The molecule has 0 saturated heterocycles. The van der Waals surface area contributed by atoms with Gasteiger partial charge in [-0.25, -0.2) is 9.59 Å². The Labute approximate surface area is 296 Å². The van der Waals surface area contributed by atoms with Crippen molar-refractivity contribution in [3.05, 3.63) is 175 Å². The maximum atomic E-state index is 11.6. The molecule has 7 heteroatoms. The fraction of sp³-hybridized carbons (Fsp3) is 0. The number of carbonyl (C=O) groups is 2. The smallest absolute Gasteiger partial charge is 0.335 e. The molecule has 2 N–H and O–H groups in total. The molecule has 9 rings (SSSR count). The van der Waals surface area contributed by atoms with E-state index in [1.165, 1.54) is 33.0 Å². The third-order valence-corrected chi connectivity index (χ3v) is 10.3. The van der Waals surface area contributed by atoms with Gasteiger partial charge in [0.25, 0.3) is 0 Å². The number of nitrogens with zero attached hydrogens (tertiary/aromatic N) is 1. The van der Waals surface area contributed by atoms with Gasteiger partial charge in [-0.15, -0.1) is 0 Å². The van der Waals surface area contributed by atoms with Crippen molar-refractivity contribution in [2.45, 2.75) is 0 Å². The van der Waals surface area contributed by atoms with Gasteiger partial charge in [-0.2, -0.15) is 0 Å². The molecular weight excluding hydrogens is 628 g/mol. The summed E-state index contributed by atoms with van der Waals surface area (Å²) in [5.41, 5.74) is 15.2. The summed E-state index contributed by atoms with van der Waals surface area (Å²) in [6.45, 7) is -0.0636. The Kier molecular flexibility index (Phi) is 7.21. The minimum Gasteiger partial charge on any atom is -0.478 e. The largest absolute Gasteiger partial charge is 0.478 e. The summed E-state index contributed by atoms with van der Waals surface area (Å²) in [4.78, 5) is 25.5. The number of para-hydroxylation sites is 2. The van der Waals surface area contributed by atoms with Crippen LogP contribution in [0.2, 0.25) is 0 Å². The summed E-state index contributed by atoms with van der Waals surface area (Å²) >= 11 is 0. The molecule has 0 spiro atoms. The Morgan fingerprint density at radius 3 is 1.55 bits per heavy atom. The van der Waals surface area contributed by atoms with Gasteiger partial charge in [-0.3, -0.25) is 0 Å². The molecule has 0 amide bonds. The first kappa shape index (κ1) is 30.5. The lowest BCUT2D eigenvalue weighted by Crippen LogP contribution is -2.64. The number of aromatic carboxylic acids is 2. The predicted molar refractivity (Wildman–Crippen MR) is 208 cm³/mol. The lowest BCUT2D eigenvalue weighted by molar-refractivity contribution is 0.0686. The molecule has 7 aromatic carbocycles. The maximum absolute atomic E-state index is 11.6. The van der Waals surface area contributed by atoms with Gasteiger partial charge in [0.15, 0.2) is 0 Å². The summed E-state index contributed by atoms with van der Waals surface area (Å²) < 4.78 is 0. The standard InChI is InChI=1S/C44H29B2NO4/c48-43(49)30-20-16-28(17-21-30)32-8-6-11-35(26-32)46-36-12-4-5-15-40(36)47-41-25-24-33(29-18-22-31(23-19-29)44(50)51)27-39(41)45(34-9-2-1-3-10-34)37-13-7-14-38(46)42(37)47/h1-27H,(H,48,49)(H,50,51). The number of hydrogen-bond acceptors (Lipinski definition) is 3. The van der Waals surface area contributed by atoms with Crippen molar-refractivity contribution in [3.63, 3.8) is 0 Å². The average molecular weight is 657 g/mol. The molecule has 0 unspecified atom stereocenters. The number of carboxylic acid groups (broad SMARTS) is 2. The molecule has 7 aromatic rings. The molecule has 0 atom stereocenters. The highest BCUT2D eigenvalue weighted by atomic mass is 16.4. The number of hydrogen-bond donors (Lipinski definition) is 2. The van der Waals surface area contributed by atoms with Crippen molar-refractivity contribution >= 4 is 75.2 Å². The molecule has 0 radical (unpaired) electrons. The molecule has 0 bridgehead atoms. The number of anilines is 3. The van der Waals surface area contributed by atoms with E-state index in [0.29, 0.717) is 0 Å². The summed E-state index contributed by atoms with van der Waals surface area (Å²) in [7, 11) is 0. The van der Waals surface area contributed by atoms with Crippen LogP contribution in [0.5, 0.6) is 0 Å². The molecular formula is C44H29B2NO4. The monoisotopic (exact) mass is 657 g/mol. The van der Waals surface area contributed by atoms with Gasteiger partial charge < -0.3 is 15.1 Å². The van der Waals surface area contributed by atoms with Crippen LogP contribution in [0.4, 0.5) is 17.1 Å².